The minimum atomic E-state index is -0.388. The molecule has 0 radical (unpaired) electrons. The number of phenolic OH excluding ortho intramolecular Hbond substituents is 1. The van der Waals surface area contributed by atoms with Crippen molar-refractivity contribution in [2.75, 3.05) is 6.61 Å². The van der Waals surface area contributed by atoms with Crippen molar-refractivity contribution in [1.29, 1.82) is 0 Å². The number of phenols is 1. The summed E-state index contributed by atoms with van der Waals surface area (Å²) in [5.41, 5.74) is 4.06. The van der Waals surface area contributed by atoms with Crippen molar-refractivity contribution in [3.8, 4) is 11.5 Å². The Labute approximate surface area is 155 Å². The van der Waals surface area contributed by atoms with Gasteiger partial charge in [-0.1, -0.05) is 39.3 Å². The Morgan fingerprint density at radius 2 is 1.85 bits per heavy atom. The standard InChI is InChI=1S/C23H26O3/c1-5-6-11-26-21-14-19-18(12-15(21)2)22(25)20(23(19,3)4)13-16-7-9-17(24)10-8-16/h7-10,12-14,24H,5-6,11H2,1-4H3/b20-13-. The van der Waals surface area contributed by atoms with Gasteiger partial charge in [-0.2, -0.15) is 0 Å². The van der Waals surface area contributed by atoms with Crippen molar-refractivity contribution in [1.82, 2.24) is 0 Å². The van der Waals surface area contributed by atoms with Crippen LogP contribution in [0.15, 0.2) is 42.0 Å². The quantitative estimate of drug-likeness (QED) is 0.577. The third-order valence-electron chi connectivity index (χ3n) is 5.11. The van der Waals surface area contributed by atoms with Crippen LogP contribution in [0.3, 0.4) is 0 Å². The molecule has 1 aliphatic rings. The summed E-state index contributed by atoms with van der Waals surface area (Å²) in [6, 6.07) is 10.9. The van der Waals surface area contributed by atoms with E-state index >= 15 is 0 Å². The number of rotatable bonds is 5. The number of hydrogen-bond donors (Lipinski definition) is 1. The lowest BCUT2D eigenvalue weighted by molar-refractivity contribution is 0.103. The molecular weight excluding hydrogens is 324 g/mol. The first-order valence-corrected chi connectivity index (χ1v) is 9.18. The summed E-state index contributed by atoms with van der Waals surface area (Å²) in [5, 5.41) is 9.46. The monoisotopic (exact) mass is 350 g/mol. The van der Waals surface area contributed by atoms with Gasteiger partial charge in [0, 0.05) is 16.6 Å². The van der Waals surface area contributed by atoms with Gasteiger partial charge in [0.1, 0.15) is 11.5 Å². The lowest BCUT2D eigenvalue weighted by Crippen LogP contribution is -2.17. The molecule has 1 aliphatic carbocycles. The number of carbonyl (C=O) groups is 1. The van der Waals surface area contributed by atoms with Gasteiger partial charge >= 0.3 is 0 Å². The van der Waals surface area contributed by atoms with E-state index in [9.17, 15) is 9.90 Å². The number of unbranched alkanes of at least 4 members (excludes halogenated alkanes) is 1. The Bertz CT molecular complexity index is 858. The number of carbonyl (C=O) groups excluding carboxylic acids is 1. The van der Waals surface area contributed by atoms with Gasteiger partial charge in [0.2, 0.25) is 0 Å². The Hall–Kier alpha value is -2.55. The molecule has 0 amide bonds. The molecular formula is C23H26O3. The van der Waals surface area contributed by atoms with Gasteiger partial charge in [-0.3, -0.25) is 4.79 Å². The highest BCUT2D eigenvalue weighted by atomic mass is 16.5. The molecule has 0 saturated carbocycles. The maximum Gasteiger partial charge on any atom is 0.190 e. The van der Waals surface area contributed by atoms with Crippen LogP contribution >= 0.6 is 0 Å². The molecule has 3 heteroatoms. The zero-order valence-electron chi connectivity index (χ0n) is 15.9. The van der Waals surface area contributed by atoms with Crippen molar-refractivity contribution in [2.24, 2.45) is 0 Å². The van der Waals surface area contributed by atoms with E-state index in [4.69, 9.17) is 4.74 Å². The first-order chi connectivity index (χ1) is 12.3. The van der Waals surface area contributed by atoms with Gasteiger partial charge in [0.25, 0.3) is 0 Å². The van der Waals surface area contributed by atoms with E-state index in [-0.39, 0.29) is 16.9 Å². The van der Waals surface area contributed by atoms with E-state index in [1.54, 1.807) is 12.1 Å². The van der Waals surface area contributed by atoms with Crippen molar-refractivity contribution in [3.05, 3.63) is 64.2 Å². The lowest BCUT2D eigenvalue weighted by atomic mass is 9.81. The van der Waals surface area contributed by atoms with Crippen LogP contribution in [0, 0.1) is 6.92 Å². The zero-order valence-corrected chi connectivity index (χ0v) is 15.9. The van der Waals surface area contributed by atoms with E-state index in [2.05, 4.69) is 20.8 Å². The molecule has 0 spiro atoms. The number of ether oxygens (including phenoxy) is 1. The predicted octanol–water partition coefficient (Wildman–Crippen LogP) is 5.44. The van der Waals surface area contributed by atoms with Crippen LogP contribution in [0.25, 0.3) is 6.08 Å². The lowest BCUT2D eigenvalue weighted by Gasteiger charge is -2.22. The molecule has 0 bridgehead atoms. The number of aromatic hydroxyl groups is 1. The summed E-state index contributed by atoms with van der Waals surface area (Å²) >= 11 is 0. The maximum absolute atomic E-state index is 13.0. The second kappa shape index (κ2) is 6.99. The number of allylic oxidation sites excluding steroid dienone is 1. The van der Waals surface area contributed by atoms with Crippen LogP contribution in [0.5, 0.6) is 11.5 Å². The average Bonchev–Trinajstić information content (AvgIpc) is 2.78. The van der Waals surface area contributed by atoms with Crippen LogP contribution in [0.4, 0.5) is 0 Å². The Morgan fingerprint density at radius 1 is 1.15 bits per heavy atom. The zero-order chi connectivity index (χ0) is 18.9. The van der Waals surface area contributed by atoms with Crippen LogP contribution < -0.4 is 4.74 Å². The van der Waals surface area contributed by atoms with Crippen LogP contribution in [0.1, 0.15) is 60.7 Å². The minimum absolute atomic E-state index is 0.0706. The van der Waals surface area contributed by atoms with Crippen LogP contribution in [0.2, 0.25) is 0 Å². The maximum atomic E-state index is 13.0. The largest absolute Gasteiger partial charge is 0.508 e. The fourth-order valence-corrected chi connectivity index (χ4v) is 3.43. The first-order valence-electron chi connectivity index (χ1n) is 9.18. The minimum Gasteiger partial charge on any atom is -0.508 e. The van der Waals surface area contributed by atoms with E-state index in [1.807, 2.05) is 37.3 Å². The summed E-state index contributed by atoms with van der Waals surface area (Å²) in [6.07, 6.45) is 4.03. The summed E-state index contributed by atoms with van der Waals surface area (Å²) in [5.74, 6) is 1.15. The summed E-state index contributed by atoms with van der Waals surface area (Å²) < 4.78 is 5.94. The highest BCUT2D eigenvalue weighted by Crippen LogP contribution is 2.45. The fraction of sp³-hybridized carbons (Fsp3) is 0.348. The average molecular weight is 350 g/mol. The molecule has 0 unspecified atom stereocenters. The van der Waals surface area contributed by atoms with E-state index in [0.717, 1.165) is 46.4 Å². The number of fused-ring (bicyclic) bond motifs is 1. The Morgan fingerprint density at radius 3 is 2.50 bits per heavy atom. The fourth-order valence-electron chi connectivity index (χ4n) is 3.43. The van der Waals surface area contributed by atoms with E-state index in [0.29, 0.717) is 6.61 Å². The second-order valence-electron chi connectivity index (χ2n) is 7.47. The molecule has 0 aliphatic heterocycles. The van der Waals surface area contributed by atoms with Gasteiger partial charge in [-0.25, -0.2) is 0 Å². The second-order valence-corrected chi connectivity index (χ2v) is 7.47. The van der Waals surface area contributed by atoms with E-state index < -0.39 is 0 Å². The Balaban J connectivity index is 2.01. The number of hydrogen-bond acceptors (Lipinski definition) is 3. The highest BCUT2D eigenvalue weighted by molar-refractivity contribution is 6.17. The molecule has 2 aromatic rings. The molecule has 1 N–H and O–H groups in total. The van der Waals surface area contributed by atoms with Crippen molar-refractivity contribution >= 4 is 11.9 Å². The Kier molecular flexibility index (Phi) is 4.90. The number of ketones is 1. The molecule has 26 heavy (non-hydrogen) atoms. The van der Waals surface area contributed by atoms with Crippen LogP contribution in [-0.2, 0) is 5.41 Å². The molecule has 0 atom stereocenters. The summed E-state index contributed by atoms with van der Waals surface area (Å²) in [4.78, 5) is 13.0. The molecule has 3 nitrogen and oxygen atoms in total. The number of aryl methyl sites for hydroxylation is 1. The number of benzene rings is 2. The summed E-state index contributed by atoms with van der Waals surface area (Å²) in [6.45, 7) is 8.98. The third-order valence-corrected chi connectivity index (χ3v) is 5.11. The molecule has 0 fully saturated rings. The van der Waals surface area contributed by atoms with Crippen molar-refractivity contribution in [2.45, 2.75) is 46.0 Å². The van der Waals surface area contributed by atoms with Gasteiger partial charge in [0.15, 0.2) is 5.78 Å². The molecule has 0 saturated heterocycles. The molecule has 3 rings (SSSR count). The highest BCUT2D eigenvalue weighted by Gasteiger charge is 2.41. The van der Waals surface area contributed by atoms with Gasteiger partial charge < -0.3 is 9.84 Å². The third kappa shape index (κ3) is 3.26. The van der Waals surface area contributed by atoms with Crippen LogP contribution in [-0.4, -0.2) is 17.5 Å². The molecule has 0 aromatic heterocycles. The molecule has 136 valence electrons. The smallest absolute Gasteiger partial charge is 0.190 e. The summed E-state index contributed by atoms with van der Waals surface area (Å²) in [7, 11) is 0. The van der Waals surface area contributed by atoms with Gasteiger partial charge in [-0.15, -0.1) is 0 Å². The van der Waals surface area contributed by atoms with Crippen molar-refractivity contribution in [3.63, 3.8) is 0 Å². The topological polar surface area (TPSA) is 46.5 Å². The predicted molar refractivity (Wildman–Crippen MR) is 105 cm³/mol. The van der Waals surface area contributed by atoms with Gasteiger partial charge in [-0.05, 0) is 60.4 Å². The number of Topliss-reactive ketones (excluding diaryl/α,β-unsaturated/α-hetero) is 1. The van der Waals surface area contributed by atoms with Crippen molar-refractivity contribution < 1.29 is 14.6 Å². The normalized spacial score (nSPS) is 16.8. The molecule has 0 heterocycles. The first kappa shape index (κ1) is 18.2. The van der Waals surface area contributed by atoms with E-state index in [1.165, 1.54) is 0 Å². The SMILES string of the molecule is CCCCOc1cc2c(cc1C)C(=O)/C(=C/c1ccc(O)cc1)C2(C)C. The molecule has 2 aromatic carbocycles. The van der Waals surface area contributed by atoms with Gasteiger partial charge in [0.05, 0.1) is 6.61 Å².